The molecule has 0 aromatic carbocycles. The predicted octanol–water partition coefficient (Wildman–Crippen LogP) is 2.36. The molecule has 2 amide bonds. The van der Waals surface area contributed by atoms with Crippen LogP contribution in [0.1, 0.15) is 32.4 Å². The monoisotopic (exact) mass is 348 g/mol. The lowest BCUT2D eigenvalue weighted by molar-refractivity contribution is 0.00215. The molecule has 6 nitrogen and oxygen atoms in total. The van der Waals surface area contributed by atoms with Gasteiger partial charge in [0.2, 0.25) is 0 Å². The molecule has 0 bridgehead atoms. The molecule has 1 unspecified atom stereocenters. The standard InChI is InChI=1S/C19H32N4O2/c1-4-16(5-2)18(23-10-12-25-13-11-23)14-21-19(24)22(3)15-17-8-6-7-9-20-17/h6-9,16,18H,4-5,10-15H2,1-3H3,(H,21,24). The zero-order valence-corrected chi connectivity index (χ0v) is 15.8. The Morgan fingerprint density at radius 3 is 2.64 bits per heavy atom. The Balaban J connectivity index is 1.90. The highest BCUT2D eigenvalue weighted by Crippen LogP contribution is 2.19. The zero-order chi connectivity index (χ0) is 18.1. The Kier molecular flexibility index (Phi) is 8.15. The number of carbonyl (C=O) groups is 1. The van der Waals surface area contributed by atoms with Gasteiger partial charge in [0.15, 0.2) is 0 Å². The van der Waals surface area contributed by atoms with E-state index >= 15 is 0 Å². The number of pyridine rings is 1. The summed E-state index contributed by atoms with van der Waals surface area (Å²) in [5.74, 6) is 0.583. The van der Waals surface area contributed by atoms with Crippen LogP contribution in [0.25, 0.3) is 0 Å². The van der Waals surface area contributed by atoms with Crippen molar-refractivity contribution < 1.29 is 9.53 Å². The van der Waals surface area contributed by atoms with Crippen molar-refractivity contribution in [1.29, 1.82) is 0 Å². The lowest BCUT2D eigenvalue weighted by Gasteiger charge is -2.39. The Bertz CT molecular complexity index is 501. The molecule has 25 heavy (non-hydrogen) atoms. The molecule has 1 aromatic rings. The van der Waals surface area contributed by atoms with E-state index in [1.54, 1.807) is 11.1 Å². The first-order valence-electron chi connectivity index (χ1n) is 9.36. The number of aromatic nitrogens is 1. The van der Waals surface area contributed by atoms with Crippen LogP contribution in [0.3, 0.4) is 0 Å². The van der Waals surface area contributed by atoms with Crippen LogP contribution in [0.5, 0.6) is 0 Å². The van der Waals surface area contributed by atoms with E-state index in [9.17, 15) is 4.79 Å². The van der Waals surface area contributed by atoms with Gasteiger partial charge in [0.05, 0.1) is 25.5 Å². The van der Waals surface area contributed by atoms with Gasteiger partial charge in [0.25, 0.3) is 0 Å². The Morgan fingerprint density at radius 1 is 1.32 bits per heavy atom. The number of morpholine rings is 1. The smallest absolute Gasteiger partial charge is 0.317 e. The third kappa shape index (κ3) is 5.97. The summed E-state index contributed by atoms with van der Waals surface area (Å²) in [4.78, 5) is 20.9. The molecule has 0 aliphatic carbocycles. The molecule has 1 fully saturated rings. The number of hydrogen-bond donors (Lipinski definition) is 1. The third-order valence-corrected chi connectivity index (χ3v) is 5.04. The van der Waals surface area contributed by atoms with E-state index in [1.807, 2.05) is 25.2 Å². The van der Waals surface area contributed by atoms with Gasteiger partial charge in [0, 0.05) is 38.9 Å². The number of urea groups is 1. The first kappa shape index (κ1) is 19.7. The Labute approximate surface area is 151 Å². The number of nitrogens with one attached hydrogen (secondary N) is 1. The number of amides is 2. The fraction of sp³-hybridized carbons (Fsp3) is 0.684. The molecule has 0 spiro atoms. The average Bonchev–Trinajstić information content (AvgIpc) is 2.66. The van der Waals surface area contributed by atoms with Gasteiger partial charge < -0.3 is 15.0 Å². The lowest BCUT2D eigenvalue weighted by Crippen LogP contribution is -2.53. The summed E-state index contributed by atoms with van der Waals surface area (Å²) in [7, 11) is 1.81. The van der Waals surface area contributed by atoms with Crippen molar-refractivity contribution in [3.05, 3.63) is 30.1 Å². The molecule has 2 heterocycles. The minimum Gasteiger partial charge on any atom is -0.379 e. The van der Waals surface area contributed by atoms with Gasteiger partial charge in [-0.15, -0.1) is 0 Å². The summed E-state index contributed by atoms with van der Waals surface area (Å²) in [5, 5.41) is 3.13. The van der Waals surface area contributed by atoms with Crippen molar-refractivity contribution in [2.75, 3.05) is 39.9 Å². The number of hydrogen-bond acceptors (Lipinski definition) is 4. The SMILES string of the molecule is CCC(CC)C(CNC(=O)N(C)Cc1ccccn1)N1CCOCC1. The van der Waals surface area contributed by atoms with Crippen LogP contribution < -0.4 is 5.32 Å². The zero-order valence-electron chi connectivity index (χ0n) is 15.8. The fourth-order valence-electron chi connectivity index (χ4n) is 3.47. The van der Waals surface area contributed by atoms with Crippen LogP contribution in [0.15, 0.2) is 24.4 Å². The van der Waals surface area contributed by atoms with E-state index in [0.717, 1.165) is 44.8 Å². The summed E-state index contributed by atoms with van der Waals surface area (Å²) in [5.41, 5.74) is 0.893. The quantitative estimate of drug-likeness (QED) is 0.783. The van der Waals surface area contributed by atoms with E-state index in [-0.39, 0.29) is 6.03 Å². The first-order valence-corrected chi connectivity index (χ1v) is 9.36. The highest BCUT2D eigenvalue weighted by atomic mass is 16.5. The normalized spacial score (nSPS) is 16.6. The molecule has 0 radical (unpaired) electrons. The molecule has 1 saturated heterocycles. The maximum atomic E-state index is 12.5. The molecule has 140 valence electrons. The van der Waals surface area contributed by atoms with Crippen LogP contribution in [0, 0.1) is 5.92 Å². The summed E-state index contributed by atoms with van der Waals surface area (Å²) in [6.45, 7) is 9.11. The second-order valence-electron chi connectivity index (χ2n) is 6.66. The van der Waals surface area contributed by atoms with Crippen molar-refractivity contribution in [1.82, 2.24) is 20.1 Å². The van der Waals surface area contributed by atoms with Gasteiger partial charge in [-0.2, -0.15) is 0 Å². The highest BCUT2D eigenvalue weighted by molar-refractivity contribution is 5.73. The number of nitrogens with zero attached hydrogens (tertiary/aromatic N) is 3. The summed E-state index contributed by atoms with van der Waals surface area (Å²) < 4.78 is 5.48. The van der Waals surface area contributed by atoms with Crippen LogP contribution in [0.4, 0.5) is 4.79 Å². The predicted molar refractivity (Wildman–Crippen MR) is 99.4 cm³/mol. The van der Waals surface area contributed by atoms with Crippen molar-refractivity contribution in [2.24, 2.45) is 5.92 Å². The minimum absolute atomic E-state index is 0.0464. The molecule has 1 aliphatic heterocycles. The van der Waals surface area contributed by atoms with E-state index in [4.69, 9.17) is 4.74 Å². The Morgan fingerprint density at radius 2 is 2.04 bits per heavy atom. The van der Waals surface area contributed by atoms with Crippen molar-refractivity contribution >= 4 is 6.03 Å². The van der Waals surface area contributed by atoms with Crippen LogP contribution >= 0.6 is 0 Å². The number of ether oxygens (including phenoxy) is 1. The van der Waals surface area contributed by atoms with Crippen LogP contribution in [-0.2, 0) is 11.3 Å². The second-order valence-corrected chi connectivity index (χ2v) is 6.66. The molecule has 1 aromatic heterocycles. The topological polar surface area (TPSA) is 57.7 Å². The summed E-state index contributed by atoms with van der Waals surface area (Å²) in [6.07, 6.45) is 4.00. The van der Waals surface area contributed by atoms with E-state index in [2.05, 4.69) is 29.0 Å². The lowest BCUT2D eigenvalue weighted by atomic mass is 9.92. The van der Waals surface area contributed by atoms with Gasteiger partial charge in [-0.3, -0.25) is 9.88 Å². The van der Waals surface area contributed by atoms with Crippen molar-refractivity contribution in [2.45, 2.75) is 39.3 Å². The van der Waals surface area contributed by atoms with Gasteiger partial charge in [-0.25, -0.2) is 4.79 Å². The van der Waals surface area contributed by atoms with Gasteiger partial charge in [0.1, 0.15) is 0 Å². The molecule has 1 atom stereocenters. The third-order valence-electron chi connectivity index (χ3n) is 5.04. The molecular formula is C19H32N4O2. The summed E-state index contributed by atoms with van der Waals surface area (Å²) >= 11 is 0. The van der Waals surface area contributed by atoms with Crippen molar-refractivity contribution in [3.8, 4) is 0 Å². The maximum absolute atomic E-state index is 12.5. The van der Waals surface area contributed by atoms with E-state index in [0.29, 0.717) is 25.0 Å². The molecular weight excluding hydrogens is 316 g/mol. The van der Waals surface area contributed by atoms with Gasteiger partial charge in [-0.05, 0) is 18.1 Å². The van der Waals surface area contributed by atoms with E-state index < -0.39 is 0 Å². The number of rotatable bonds is 8. The van der Waals surface area contributed by atoms with Crippen LogP contribution in [-0.4, -0.2) is 66.8 Å². The largest absolute Gasteiger partial charge is 0.379 e. The highest BCUT2D eigenvalue weighted by Gasteiger charge is 2.27. The van der Waals surface area contributed by atoms with Crippen molar-refractivity contribution in [3.63, 3.8) is 0 Å². The van der Waals surface area contributed by atoms with Gasteiger partial charge >= 0.3 is 6.03 Å². The molecule has 1 aliphatic rings. The van der Waals surface area contributed by atoms with E-state index in [1.165, 1.54) is 0 Å². The maximum Gasteiger partial charge on any atom is 0.317 e. The fourth-order valence-corrected chi connectivity index (χ4v) is 3.47. The molecule has 0 saturated carbocycles. The molecule has 1 N–H and O–H groups in total. The summed E-state index contributed by atoms with van der Waals surface area (Å²) in [6, 6.07) is 6.08. The molecule has 2 rings (SSSR count). The minimum atomic E-state index is -0.0464. The van der Waals surface area contributed by atoms with Crippen LogP contribution in [0.2, 0.25) is 0 Å². The second kappa shape index (κ2) is 10.4. The molecule has 6 heteroatoms. The Hall–Kier alpha value is -1.66. The number of carbonyl (C=O) groups excluding carboxylic acids is 1. The first-order chi connectivity index (χ1) is 12.2. The average molecular weight is 348 g/mol. The van der Waals surface area contributed by atoms with Gasteiger partial charge in [-0.1, -0.05) is 32.8 Å².